The van der Waals surface area contributed by atoms with Crippen LogP contribution in [0.15, 0.2) is 11.1 Å². The third-order valence-electron chi connectivity index (χ3n) is 9.65. The molecule has 0 aromatic heterocycles. The molecular weight excluding hydrogens is 352 g/mol. The SMILES string of the molecule is C[C@H](CCC(=O)O)[C@@H]1CCC2=C3CC[C@@H]4C[C@H](O)CC[C@]4(C)[C@H]3C[C@H](O)[C@@]21C. The van der Waals surface area contributed by atoms with Crippen LogP contribution in [-0.2, 0) is 4.79 Å². The maximum absolute atomic E-state index is 11.4. The maximum Gasteiger partial charge on any atom is 0.303 e. The lowest BCUT2D eigenvalue weighted by Crippen LogP contribution is -2.52. The van der Waals surface area contributed by atoms with Crippen molar-refractivity contribution in [2.45, 2.75) is 97.2 Å². The first-order valence-electron chi connectivity index (χ1n) is 11.5. The van der Waals surface area contributed by atoms with Gasteiger partial charge >= 0.3 is 5.97 Å². The summed E-state index contributed by atoms with van der Waals surface area (Å²) in [5.74, 6) is 1.02. The lowest BCUT2D eigenvalue weighted by Gasteiger charge is -2.58. The number of carbonyl (C=O) groups is 1. The molecule has 158 valence electrons. The number of carboxylic acid groups (broad SMARTS) is 1. The summed E-state index contributed by atoms with van der Waals surface area (Å²) in [6.45, 7) is 6.88. The summed E-state index contributed by atoms with van der Waals surface area (Å²) < 4.78 is 0. The Morgan fingerprint density at radius 1 is 1.14 bits per heavy atom. The second kappa shape index (κ2) is 7.12. The van der Waals surface area contributed by atoms with E-state index >= 15 is 0 Å². The highest BCUT2D eigenvalue weighted by Crippen LogP contribution is 2.65. The number of hydrogen-bond acceptors (Lipinski definition) is 3. The van der Waals surface area contributed by atoms with Crippen LogP contribution in [0.2, 0.25) is 0 Å². The van der Waals surface area contributed by atoms with Gasteiger partial charge in [-0.25, -0.2) is 0 Å². The number of aliphatic hydroxyl groups excluding tert-OH is 2. The number of fused-ring (bicyclic) bond motifs is 4. The van der Waals surface area contributed by atoms with Crippen LogP contribution in [0.4, 0.5) is 0 Å². The molecule has 3 N–H and O–H groups in total. The van der Waals surface area contributed by atoms with Gasteiger partial charge in [0.05, 0.1) is 12.2 Å². The van der Waals surface area contributed by atoms with Gasteiger partial charge in [0.2, 0.25) is 0 Å². The molecule has 0 aliphatic heterocycles. The second-order valence-corrected chi connectivity index (χ2v) is 10.8. The third-order valence-corrected chi connectivity index (χ3v) is 9.65. The third kappa shape index (κ3) is 2.98. The lowest BCUT2D eigenvalue weighted by molar-refractivity contribution is -0.137. The quantitative estimate of drug-likeness (QED) is 0.616. The van der Waals surface area contributed by atoms with E-state index in [0.717, 1.165) is 44.9 Å². The molecule has 8 atom stereocenters. The summed E-state index contributed by atoms with van der Waals surface area (Å²) in [4.78, 5) is 11.0. The molecule has 4 aliphatic rings. The molecule has 4 nitrogen and oxygen atoms in total. The predicted octanol–water partition coefficient (Wildman–Crippen LogP) is 4.54. The van der Waals surface area contributed by atoms with Crippen molar-refractivity contribution in [3.63, 3.8) is 0 Å². The van der Waals surface area contributed by atoms with E-state index in [9.17, 15) is 15.0 Å². The van der Waals surface area contributed by atoms with Crippen molar-refractivity contribution >= 4 is 5.97 Å². The number of carboxylic acids is 1. The van der Waals surface area contributed by atoms with E-state index in [0.29, 0.717) is 30.1 Å². The predicted molar refractivity (Wildman–Crippen MR) is 109 cm³/mol. The molecule has 4 aliphatic carbocycles. The molecule has 4 heteroatoms. The monoisotopic (exact) mass is 390 g/mol. The van der Waals surface area contributed by atoms with Gasteiger partial charge in [-0.05, 0) is 86.9 Å². The zero-order valence-electron chi connectivity index (χ0n) is 17.8. The Kier molecular flexibility index (Phi) is 5.19. The van der Waals surface area contributed by atoms with Gasteiger partial charge < -0.3 is 15.3 Å². The Labute approximate surface area is 169 Å². The fourth-order valence-electron chi connectivity index (χ4n) is 7.92. The van der Waals surface area contributed by atoms with Crippen molar-refractivity contribution in [1.82, 2.24) is 0 Å². The van der Waals surface area contributed by atoms with Gasteiger partial charge in [0.25, 0.3) is 0 Å². The molecule has 0 aromatic carbocycles. The van der Waals surface area contributed by atoms with Crippen molar-refractivity contribution in [3.8, 4) is 0 Å². The normalized spacial score (nSPS) is 46.5. The summed E-state index contributed by atoms with van der Waals surface area (Å²) in [6, 6.07) is 0. The first-order valence-corrected chi connectivity index (χ1v) is 11.5. The molecule has 0 saturated heterocycles. The molecule has 0 spiro atoms. The summed E-state index contributed by atoms with van der Waals surface area (Å²) in [5, 5.41) is 30.7. The number of aliphatic carboxylic acids is 1. The van der Waals surface area contributed by atoms with Crippen molar-refractivity contribution in [1.29, 1.82) is 0 Å². The first kappa shape index (κ1) is 20.4. The van der Waals surface area contributed by atoms with Crippen LogP contribution in [0.3, 0.4) is 0 Å². The topological polar surface area (TPSA) is 77.8 Å². The summed E-state index contributed by atoms with van der Waals surface area (Å²) in [6.07, 6.45) is 8.65. The zero-order chi connectivity index (χ0) is 20.3. The molecule has 0 radical (unpaired) electrons. The molecule has 3 fully saturated rings. The maximum atomic E-state index is 11.4. The smallest absolute Gasteiger partial charge is 0.303 e. The number of hydrogen-bond donors (Lipinski definition) is 3. The molecule has 0 bridgehead atoms. The van der Waals surface area contributed by atoms with E-state index in [1.54, 1.807) is 5.57 Å². The molecule has 3 saturated carbocycles. The van der Waals surface area contributed by atoms with Gasteiger partial charge in [0.15, 0.2) is 0 Å². The number of allylic oxidation sites excluding steroid dienone is 1. The van der Waals surface area contributed by atoms with Crippen LogP contribution >= 0.6 is 0 Å². The van der Waals surface area contributed by atoms with Gasteiger partial charge in [0, 0.05) is 11.8 Å². The lowest BCUT2D eigenvalue weighted by atomic mass is 9.48. The van der Waals surface area contributed by atoms with Crippen LogP contribution in [0.1, 0.15) is 85.0 Å². The highest BCUT2D eigenvalue weighted by Gasteiger charge is 2.58. The molecule has 0 aromatic rings. The van der Waals surface area contributed by atoms with Crippen LogP contribution in [0.25, 0.3) is 0 Å². The average molecular weight is 391 g/mol. The van der Waals surface area contributed by atoms with Crippen LogP contribution < -0.4 is 0 Å². The van der Waals surface area contributed by atoms with Gasteiger partial charge in [0.1, 0.15) is 0 Å². The Bertz CT molecular complexity index is 670. The minimum atomic E-state index is -0.719. The van der Waals surface area contributed by atoms with E-state index in [1.807, 2.05) is 0 Å². The highest BCUT2D eigenvalue weighted by atomic mass is 16.4. The van der Waals surface area contributed by atoms with Crippen LogP contribution in [0, 0.1) is 34.5 Å². The van der Waals surface area contributed by atoms with Gasteiger partial charge in [-0.3, -0.25) is 4.79 Å². The van der Waals surface area contributed by atoms with E-state index < -0.39 is 5.97 Å². The molecule has 4 rings (SSSR count). The first-order chi connectivity index (χ1) is 13.2. The van der Waals surface area contributed by atoms with Crippen molar-refractivity contribution in [2.75, 3.05) is 0 Å². The zero-order valence-corrected chi connectivity index (χ0v) is 17.8. The largest absolute Gasteiger partial charge is 0.481 e. The number of aliphatic hydroxyl groups is 2. The van der Waals surface area contributed by atoms with E-state index in [-0.39, 0.29) is 29.5 Å². The van der Waals surface area contributed by atoms with E-state index in [2.05, 4.69) is 20.8 Å². The standard InChI is InChI=1S/C24H38O4/c1-14(4-9-22(27)28)18-7-8-19-17-6-5-15-12-16(25)10-11-23(15,2)20(17)13-21(26)24(18,19)3/h14-16,18,20-21,25-26H,4-13H2,1-3H3,(H,27,28)/t14-,15-,16-,18+,20+,21+,23+,24-/m1/s1. The van der Waals surface area contributed by atoms with Crippen molar-refractivity contribution < 1.29 is 20.1 Å². The van der Waals surface area contributed by atoms with Gasteiger partial charge in [-0.15, -0.1) is 0 Å². The minimum absolute atomic E-state index is 0.142. The molecule has 0 amide bonds. The molecular formula is C24H38O4. The Balaban J connectivity index is 1.64. The highest BCUT2D eigenvalue weighted by molar-refractivity contribution is 5.66. The Morgan fingerprint density at radius 3 is 2.61 bits per heavy atom. The minimum Gasteiger partial charge on any atom is -0.481 e. The number of rotatable bonds is 4. The van der Waals surface area contributed by atoms with Gasteiger partial charge in [-0.1, -0.05) is 31.9 Å². The van der Waals surface area contributed by atoms with Crippen LogP contribution in [-0.4, -0.2) is 33.5 Å². The Morgan fingerprint density at radius 2 is 1.89 bits per heavy atom. The molecule has 0 unspecified atom stereocenters. The van der Waals surface area contributed by atoms with Crippen molar-refractivity contribution in [2.24, 2.45) is 34.5 Å². The van der Waals surface area contributed by atoms with Crippen LogP contribution in [0.5, 0.6) is 0 Å². The molecule has 0 heterocycles. The van der Waals surface area contributed by atoms with E-state index in [4.69, 9.17) is 5.11 Å². The molecule has 28 heavy (non-hydrogen) atoms. The fraction of sp³-hybridized carbons (Fsp3) is 0.875. The summed E-state index contributed by atoms with van der Waals surface area (Å²) >= 11 is 0. The average Bonchev–Trinajstić information content (AvgIpc) is 3.00. The van der Waals surface area contributed by atoms with Gasteiger partial charge in [-0.2, -0.15) is 0 Å². The van der Waals surface area contributed by atoms with E-state index in [1.165, 1.54) is 12.0 Å². The second-order valence-electron chi connectivity index (χ2n) is 10.8. The van der Waals surface area contributed by atoms with Crippen molar-refractivity contribution in [3.05, 3.63) is 11.1 Å². The summed E-state index contributed by atoms with van der Waals surface area (Å²) in [5.41, 5.74) is 3.20. The Hall–Kier alpha value is -0.870. The fourth-order valence-corrected chi connectivity index (χ4v) is 7.92. The summed E-state index contributed by atoms with van der Waals surface area (Å²) in [7, 11) is 0.